The highest BCUT2D eigenvalue weighted by molar-refractivity contribution is 7.10. The van der Waals surface area contributed by atoms with Crippen molar-refractivity contribution in [3.63, 3.8) is 0 Å². The number of anilines is 1. The minimum atomic E-state index is -0.302. The number of amides is 2. The monoisotopic (exact) mass is 370 g/mol. The van der Waals surface area contributed by atoms with E-state index in [0.717, 1.165) is 21.7 Å². The first-order valence-electron chi connectivity index (χ1n) is 9.08. The molecule has 1 aliphatic heterocycles. The van der Waals surface area contributed by atoms with Gasteiger partial charge < -0.3 is 10.2 Å². The van der Waals surface area contributed by atoms with E-state index < -0.39 is 0 Å². The van der Waals surface area contributed by atoms with Gasteiger partial charge in [0.15, 0.2) is 0 Å². The Bertz CT molecular complexity index is 798. The van der Waals surface area contributed by atoms with E-state index in [-0.39, 0.29) is 30.2 Å². The smallest absolute Gasteiger partial charge is 0.227 e. The van der Waals surface area contributed by atoms with Crippen LogP contribution in [-0.4, -0.2) is 18.4 Å². The van der Waals surface area contributed by atoms with Gasteiger partial charge >= 0.3 is 0 Å². The Balaban J connectivity index is 1.73. The molecular formula is C21H26N2O2S. The molecule has 0 unspecified atom stereocenters. The summed E-state index contributed by atoms with van der Waals surface area (Å²) in [5.74, 6) is -0.0113. The Kier molecular flexibility index (Phi) is 5.47. The molecule has 2 amide bonds. The van der Waals surface area contributed by atoms with Crippen molar-refractivity contribution in [1.82, 2.24) is 5.32 Å². The molecular weight excluding hydrogens is 344 g/mol. The highest BCUT2D eigenvalue weighted by Gasteiger charge is 2.36. The third-order valence-electron chi connectivity index (χ3n) is 5.18. The number of carbonyl (C=O) groups excluding carboxylic acids is 2. The zero-order chi connectivity index (χ0) is 18.8. The molecule has 2 heterocycles. The van der Waals surface area contributed by atoms with Gasteiger partial charge in [0.2, 0.25) is 11.8 Å². The molecule has 5 heteroatoms. The van der Waals surface area contributed by atoms with Gasteiger partial charge in [-0.2, -0.15) is 0 Å². The van der Waals surface area contributed by atoms with E-state index in [9.17, 15) is 9.59 Å². The summed E-state index contributed by atoms with van der Waals surface area (Å²) in [5, 5.41) is 5.20. The summed E-state index contributed by atoms with van der Waals surface area (Å²) in [5.41, 5.74) is 3.17. The van der Waals surface area contributed by atoms with Crippen molar-refractivity contribution in [2.75, 3.05) is 11.4 Å². The lowest BCUT2D eigenvalue weighted by Gasteiger charge is -2.23. The van der Waals surface area contributed by atoms with Gasteiger partial charge in [-0.1, -0.05) is 32.0 Å². The summed E-state index contributed by atoms with van der Waals surface area (Å²) in [6.45, 7) is 8.72. The van der Waals surface area contributed by atoms with Crippen LogP contribution in [0.3, 0.4) is 0 Å². The van der Waals surface area contributed by atoms with Crippen LogP contribution in [0, 0.1) is 25.7 Å². The molecule has 1 aliphatic rings. The molecule has 1 aromatic carbocycles. The second-order valence-electron chi connectivity index (χ2n) is 7.37. The number of hydrogen-bond acceptors (Lipinski definition) is 3. The van der Waals surface area contributed by atoms with Gasteiger partial charge in [0.1, 0.15) is 0 Å². The van der Waals surface area contributed by atoms with E-state index in [1.54, 1.807) is 16.2 Å². The number of nitrogens with zero attached hydrogens (tertiary/aromatic N) is 1. The number of hydrogen-bond donors (Lipinski definition) is 1. The van der Waals surface area contributed by atoms with Gasteiger partial charge in [0.25, 0.3) is 0 Å². The van der Waals surface area contributed by atoms with Crippen LogP contribution >= 0.6 is 11.3 Å². The van der Waals surface area contributed by atoms with Crippen molar-refractivity contribution in [2.24, 2.45) is 11.8 Å². The summed E-state index contributed by atoms with van der Waals surface area (Å²) in [4.78, 5) is 28.3. The zero-order valence-corrected chi connectivity index (χ0v) is 16.6. The zero-order valence-electron chi connectivity index (χ0n) is 15.8. The lowest BCUT2D eigenvalue weighted by molar-refractivity contribution is -0.127. The summed E-state index contributed by atoms with van der Waals surface area (Å²) in [6, 6.07) is 10.0. The fraction of sp³-hybridized carbons (Fsp3) is 0.429. The second-order valence-corrected chi connectivity index (χ2v) is 8.35. The summed E-state index contributed by atoms with van der Waals surface area (Å²) in [7, 11) is 0. The Morgan fingerprint density at radius 1 is 1.23 bits per heavy atom. The van der Waals surface area contributed by atoms with Crippen molar-refractivity contribution in [2.45, 2.75) is 40.2 Å². The van der Waals surface area contributed by atoms with Crippen molar-refractivity contribution < 1.29 is 9.59 Å². The van der Waals surface area contributed by atoms with Crippen LogP contribution in [0.15, 0.2) is 35.7 Å². The third-order valence-corrected chi connectivity index (χ3v) is 6.13. The van der Waals surface area contributed by atoms with E-state index in [1.165, 1.54) is 0 Å². The Labute approximate surface area is 159 Å². The van der Waals surface area contributed by atoms with Crippen LogP contribution in [0.5, 0.6) is 0 Å². The lowest BCUT2D eigenvalue weighted by atomic mass is 10.0. The average Bonchev–Trinajstić information content (AvgIpc) is 3.24. The SMILES string of the molecule is Cc1cccc(N2C[C@H](C(=O)N[C@@H](c3cccs3)C(C)C)CC2=O)c1C. The van der Waals surface area contributed by atoms with Gasteiger partial charge in [-0.15, -0.1) is 11.3 Å². The highest BCUT2D eigenvalue weighted by Crippen LogP contribution is 2.31. The average molecular weight is 371 g/mol. The van der Waals surface area contributed by atoms with Gasteiger partial charge in [0, 0.05) is 23.5 Å². The largest absolute Gasteiger partial charge is 0.348 e. The molecule has 0 radical (unpaired) electrons. The van der Waals surface area contributed by atoms with Crippen molar-refractivity contribution >= 4 is 28.8 Å². The molecule has 0 saturated carbocycles. The van der Waals surface area contributed by atoms with Gasteiger partial charge in [-0.3, -0.25) is 9.59 Å². The Morgan fingerprint density at radius 3 is 2.65 bits per heavy atom. The first-order valence-corrected chi connectivity index (χ1v) is 9.96. The second kappa shape index (κ2) is 7.62. The van der Waals surface area contributed by atoms with Crippen molar-refractivity contribution in [3.05, 3.63) is 51.7 Å². The van der Waals surface area contributed by atoms with Gasteiger partial charge in [-0.25, -0.2) is 0 Å². The van der Waals surface area contributed by atoms with Gasteiger partial charge in [-0.05, 0) is 48.4 Å². The first kappa shape index (κ1) is 18.6. The number of carbonyl (C=O) groups is 2. The molecule has 2 atom stereocenters. The van der Waals surface area contributed by atoms with E-state index in [2.05, 4.69) is 25.2 Å². The fourth-order valence-corrected chi connectivity index (χ4v) is 4.40. The number of rotatable bonds is 5. The van der Waals surface area contributed by atoms with Crippen LogP contribution in [-0.2, 0) is 9.59 Å². The lowest BCUT2D eigenvalue weighted by Crippen LogP contribution is -2.37. The quantitative estimate of drug-likeness (QED) is 0.856. The van der Waals surface area contributed by atoms with Gasteiger partial charge in [0.05, 0.1) is 12.0 Å². The van der Waals surface area contributed by atoms with Crippen LogP contribution < -0.4 is 10.2 Å². The van der Waals surface area contributed by atoms with E-state index >= 15 is 0 Å². The van der Waals surface area contributed by atoms with Crippen LogP contribution in [0.25, 0.3) is 0 Å². The van der Waals surface area contributed by atoms with E-state index in [1.807, 2.05) is 43.5 Å². The summed E-state index contributed by atoms with van der Waals surface area (Å²) >= 11 is 1.65. The maximum absolute atomic E-state index is 12.8. The maximum atomic E-state index is 12.8. The minimum Gasteiger partial charge on any atom is -0.348 e. The molecule has 1 N–H and O–H groups in total. The summed E-state index contributed by atoms with van der Waals surface area (Å²) < 4.78 is 0. The number of benzene rings is 1. The van der Waals surface area contributed by atoms with Crippen molar-refractivity contribution in [3.8, 4) is 0 Å². The molecule has 0 bridgehead atoms. The molecule has 0 spiro atoms. The molecule has 1 saturated heterocycles. The molecule has 4 nitrogen and oxygen atoms in total. The fourth-order valence-electron chi connectivity index (χ4n) is 3.45. The number of nitrogens with one attached hydrogen (secondary N) is 1. The Hall–Kier alpha value is -2.14. The maximum Gasteiger partial charge on any atom is 0.227 e. The topological polar surface area (TPSA) is 49.4 Å². The van der Waals surface area contributed by atoms with E-state index in [0.29, 0.717) is 12.5 Å². The van der Waals surface area contributed by atoms with Crippen molar-refractivity contribution in [1.29, 1.82) is 0 Å². The first-order chi connectivity index (χ1) is 12.4. The van der Waals surface area contributed by atoms with E-state index in [4.69, 9.17) is 0 Å². The van der Waals surface area contributed by atoms with Crippen LogP contribution in [0.2, 0.25) is 0 Å². The van der Waals surface area contributed by atoms with Crippen LogP contribution in [0.1, 0.15) is 42.3 Å². The summed E-state index contributed by atoms with van der Waals surface area (Å²) in [6.07, 6.45) is 0.272. The number of aryl methyl sites for hydroxylation is 1. The Morgan fingerprint density at radius 2 is 2.00 bits per heavy atom. The molecule has 138 valence electrons. The predicted octanol–water partition coefficient (Wildman–Crippen LogP) is 4.23. The molecule has 26 heavy (non-hydrogen) atoms. The molecule has 1 fully saturated rings. The molecule has 1 aromatic heterocycles. The minimum absolute atomic E-state index is 0.00708. The third kappa shape index (κ3) is 3.68. The number of thiophene rings is 1. The standard InChI is InChI=1S/C21H26N2O2S/c1-13(2)20(18-9-6-10-26-18)22-21(25)16-11-19(24)23(12-16)17-8-5-7-14(3)15(17)4/h5-10,13,16,20H,11-12H2,1-4H3,(H,22,25)/t16-,20-/m1/s1. The predicted molar refractivity (Wildman–Crippen MR) is 106 cm³/mol. The molecule has 2 aromatic rings. The molecule has 3 rings (SSSR count). The van der Waals surface area contributed by atoms with Crippen LogP contribution in [0.4, 0.5) is 5.69 Å². The normalized spacial score (nSPS) is 18.4. The highest BCUT2D eigenvalue weighted by atomic mass is 32.1. The molecule has 0 aliphatic carbocycles.